The number of alkyl halides is 1. The van der Waals surface area contributed by atoms with Gasteiger partial charge in [-0.1, -0.05) is 6.92 Å². The number of nitrogens with zero attached hydrogens (tertiary/aromatic N) is 2. The molecule has 0 fully saturated rings. The summed E-state index contributed by atoms with van der Waals surface area (Å²) in [7, 11) is -3.45. The highest BCUT2D eigenvalue weighted by molar-refractivity contribution is 7.89. The largest absolute Gasteiger partial charge is 0.267 e. The summed E-state index contributed by atoms with van der Waals surface area (Å²) >= 11 is 5.62. The molecule has 0 aliphatic carbocycles. The molecule has 7 heteroatoms. The lowest BCUT2D eigenvalue weighted by Gasteiger charge is -2.05. The van der Waals surface area contributed by atoms with Gasteiger partial charge < -0.3 is 0 Å². The zero-order valence-corrected chi connectivity index (χ0v) is 11.2. The van der Waals surface area contributed by atoms with E-state index in [9.17, 15) is 8.42 Å². The summed E-state index contributed by atoms with van der Waals surface area (Å²) in [5, 5.41) is 4.16. The SMILES string of the molecule is CCNS(=O)(=O)c1c(C)nn(CCCl)c1C. The zero-order chi connectivity index (χ0) is 12.3. The van der Waals surface area contributed by atoms with Crippen molar-refractivity contribution in [2.45, 2.75) is 32.2 Å². The summed E-state index contributed by atoms with van der Waals surface area (Å²) < 4.78 is 27.9. The van der Waals surface area contributed by atoms with E-state index in [1.165, 1.54) is 0 Å². The molecule has 5 nitrogen and oxygen atoms in total. The van der Waals surface area contributed by atoms with Crippen LogP contribution in [0, 0.1) is 13.8 Å². The number of aromatic nitrogens is 2. The number of hydrogen-bond donors (Lipinski definition) is 1. The van der Waals surface area contributed by atoms with Gasteiger partial charge in [-0.3, -0.25) is 4.68 Å². The number of nitrogens with one attached hydrogen (secondary N) is 1. The van der Waals surface area contributed by atoms with Crippen LogP contribution in [0.25, 0.3) is 0 Å². The van der Waals surface area contributed by atoms with Crippen LogP contribution >= 0.6 is 11.6 Å². The normalized spacial score (nSPS) is 12.0. The van der Waals surface area contributed by atoms with E-state index in [1.807, 2.05) is 0 Å². The van der Waals surface area contributed by atoms with Gasteiger partial charge in [-0.05, 0) is 13.8 Å². The second kappa shape index (κ2) is 5.16. The molecule has 92 valence electrons. The molecular formula is C9H16ClN3O2S. The Morgan fingerprint density at radius 3 is 2.56 bits per heavy atom. The van der Waals surface area contributed by atoms with Crippen LogP contribution in [0.1, 0.15) is 18.3 Å². The number of hydrogen-bond acceptors (Lipinski definition) is 3. The van der Waals surface area contributed by atoms with E-state index in [0.717, 1.165) is 0 Å². The van der Waals surface area contributed by atoms with Gasteiger partial charge >= 0.3 is 0 Å². The molecule has 1 rings (SSSR count). The average Bonchev–Trinajstić information content (AvgIpc) is 2.42. The first-order valence-electron chi connectivity index (χ1n) is 5.03. The van der Waals surface area contributed by atoms with Gasteiger partial charge in [0.25, 0.3) is 0 Å². The van der Waals surface area contributed by atoms with Crippen LogP contribution in [0.5, 0.6) is 0 Å². The molecule has 0 unspecified atom stereocenters. The van der Waals surface area contributed by atoms with Crippen LogP contribution in [0.15, 0.2) is 4.90 Å². The van der Waals surface area contributed by atoms with Crippen molar-refractivity contribution in [3.63, 3.8) is 0 Å². The third kappa shape index (κ3) is 2.56. The van der Waals surface area contributed by atoms with Gasteiger partial charge in [0.15, 0.2) is 0 Å². The third-order valence-corrected chi connectivity index (χ3v) is 4.18. The molecule has 16 heavy (non-hydrogen) atoms. The summed E-state index contributed by atoms with van der Waals surface area (Å²) in [6.45, 7) is 6.03. The molecule has 0 atom stereocenters. The lowest BCUT2D eigenvalue weighted by atomic mass is 10.4. The minimum absolute atomic E-state index is 0.263. The lowest BCUT2D eigenvalue weighted by molar-refractivity contribution is 0.581. The maximum absolute atomic E-state index is 11.9. The Balaban J connectivity index is 3.24. The smallest absolute Gasteiger partial charge is 0.244 e. The van der Waals surface area contributed by atoms with Gasteiger partial charge in [0.05, 0.1) is 17.9 Å². The van der Waals surface area contributed by atoms with Crippen molar-refractivity contribution in [3.8, 4) is 0 Å². The minimum Gasteiger partial charge on any atom is -0.267 e. The fraction of sp³-hybridized carbons (Fsp3) is 0.667. The van der Waals surface area contributed by atoms with Crippen LogP contribution in [-0.4, -0.2) is 30.6 Å². The molecule has 1 aromatic heterocycles. The van der Waals surface area contributed by atoms with Crippen molar-refractivity contribution in [1.82, 2.24) is 14.5 Å². The van der Waals surface area contributed by atoms with Gasteiger partial charge in [0, 0.05) is 12.4 Å². The van der Waals surface area contributed by atoms with E-state index >= 15 is 0 Å². The molecule has 1 aromatic rings. The van der Waals surface area contributed by atoms with Crippen molar-refractivity contribution in [3.05, 3.63) is 11.4 Å². The minimum atomic E-state index is -3.45. The van der Waals surface area contributed by atoms with Gasteiger partial charge in [-0.2, -0.15) is 5.10 Å². The standard InChI is InChI=1S/C9H16ClN3O2S/c1-4-11-16(14,15)9-7(2)12-13(6-5-10)8(9)3/h11H,4-6H2,1-3H3. The number of aryl methyl sites for hydroxylation is 2. The predicted octanol–water partition coefficient (Wildman–Crippen LogP) is 1.04. The van der Waals surface area contributed by atoms with E-state index in [1.54, 1.807) is 25.5 Å². The number of sulfonamides is 1. The van der Waals surface area contributed by atoms with Crippen molar-refractivity contribution in [1.29, 1.82) is 0 Å². The molecule has 0 aliphatic heterocycles. The fourth-order valence-corrected chi connectivity index (χ4v) is 3.24. The fourth-order valence-electron chi connectivity index (χ4n) is 1.63. The predicted molar refractivity (Wildman–Crippen MR) is 63.3 cm³/mol. The molecule has 1 N–H and O–H groups in total. The highest BCUT2D eigenvalue weighted by Crippen LogP contribution is 2.18. The van der Waals surface area contributed by atoms with E-state index in [0.29, 0.717) is 30.4 Å². The Morgan fingerprint density at radius 1 is 1.44 bits per heavy atom. The lowest BCUT2D eigenvalue weighted by Crippen LogP contribution is -2.24. The van der Waals surface area contributed by atoms with Gasteiger partial charge in [-0.15, -0.1) is 11.6 Å². The Kier molecular flexibility index (Phi) is 4.35. The van der Waals surface area contributed by atoms with Crippen LogP contribution in [-0.2, 0) is 16.6 Å². The molecule has 0 saturated heterocycles. The Hall–Kier alpha value is -0.590. The highest BCUT2D eigenvalue weighted by atomic mass is 35.5. The maximum Gasteiger partial charge on any atom is 0.244 e. The molecule has 0 amide bonds. The van der Waals surface area contributed by atoms with Crippen molar-refractivity contribution < 1.29 is 8.42 Å². The molecular weight excluding hydrogens is 250 g/mol. The Bertz CT molecular complexity index is 467. The summed E-state index contributed by atoms with van der Waals surface area (Å²) in [6.07, 6.45) is 0. The Labute approximate surface area is 101 Å². The number of rotatable bonds is 5. The summed E-state index contributed by atoms with van der Waals surface area (Å²) in [6, 6.07) is 0. The molecule has 0 aromatic carbocycles. The first kappa shape index (κ1) is 13.5. The highest BCUT2D eigenvalue weighted by Gasteiger charge is 2.23. The van der Waals surface area contributed by atoms with Crippen LogP contribution < -0.4 is 4.72 Å². The number of halogens is 1. The quantitative estimate of drug-likeness (QED) is 0.809. The van der Waals surface area contributed by atoms with Crippen molar-refractivity contribution in [2.24, 2.45) is 0 Å². The van der Waals surface area contributed by atoms with E-state index in [2.05, 4.69) is 9.82 Å². The first-order valence-corrected chi connectivity index (χ1v) is 7.05. The monoisotopic (exact) mass is 265 g/mol. The molecule has 1 heterocycles. The topological polar surface area (TPSA) is 64.0 Å². The maximum atomic E-state index is 11.9. The molecule has 0 radical (unpaired) electrons. The summed E-state index contributed by atoms with van der Waals surface area (Å²) in [4.78, 5) is 0.263. The second-order valence-corrected chi connectivity index (χ2v) is 5.50. The molecule has 0 aliphatic rings. The van der Waals surface area contributed by atoms with Crippen LogP contribution in [0.3, 0.4) is 0 Å². The van der Waals surface area contributed by atoms with Crippen LogP contribution in [0.4, 0.5) is 0 Å². The average molecular weight is 266 g/mol. The van der Waals surface area contributed by atoms with Crippen molar-refractivity contribution in [2.75, 3.05) is 12.4 Å². The molecule has 0 saturated carbocycles. The van der Waals surface area contributed by atoms with E-state index in [4.69, 9.17) is 11.6 Å². The zero-order valence-electron chi connectivity index (χ0n) is 9.62. The first-order chi connectivity index (χ1) is 7.44. The van der Waals surface area contributed by atoms with Gasteiger partial charge in [0.2, 0.25) is 10.0 Å². The van der Waals surface area contributed by atoms with Gasteiger partial charge in [0.1, 0.15) is 4.90 Å². The molecule has 0 bridgehead atoms. The third-order valence-electron chi connectivity index (χ3n) is 2.21. The van der Waals surface area contributed by atoms with E-state index < -0.39 is 10.0 Å². The second-order valence-electron chi connectivity index (χ2n) is 3.41. The summed E-state index contributed by atoms with van der Waals surface area (Å²) in [5.74, 6) is 0.405. The van der Waals surface area contributed by atoms with Crippen molar-refractivity contribution >= 4 is 21.6 Å². The Morgan fingerprint density at radius 2 is 2.06 bits per heavy atom. The summed E-state index contributed by atoms with van der Waals surface area (Å²) in [5.41, 5.74) is 1.13. The van der Waals surface area contributed by atoms with Crippen LogP contribution in [0.2, 0.25) is 0 Å². The van der Waals surface area contributed by atoms with Gasteiger partial charge in [-0.25, -0.2) is 13.1 Å². The van der Waals surface area contributed by atoms with E-state index in [-0.39, 0.29) is 4.90 Å². The molecule has 0 spiro atoms.